The molecule has 0 spiro atoms. The zero-order valence-corrected chi connectivity index (χ0v) is 14.8. The molecular formula is C19H25N5O. The van der Waals surface area contributed by atoms with Crippen LogP contribution in [0.5, 0.6) is 0 Å². The molecule has 0 saturated heterocycles. The molecule has 0 unspecified atom stereocenters. The average Bonchev–Trinajstić information content (AvgIpc) is 2.61. The summed E-state index contributed by atoms with van der Waals surface area (Å²) in [5, 5.41) is 17.1. The Labute approximate surface area is 148 Å². The minimum Gasteiger partial charge on any atom is -0.339 e. The Hall–Kier alpha value is -2.63. The molecule has 1 aliphatic carbocycles. The van der Waals surface area contributed by atoms with Gasteiger partial charge in [0.05, 0.1) is 0 Å². The van der Waals surface area contributed by atoms with Gasteiger partial charge in [0.25, 0.3) is 0 Å². The predicted molar refractivity (Wildman–Crippen MR) is 100 cm³/mol. The molecule has 0 bridgehead atoms. The summed E-state index contributed by atoms with van der Waals surface area (Å²) in [4.78, 5) is 12.0. The second kappa shape index (κ2) is 7.96. The summed E-state index contributed by atoms with van der Waals surface area (Å²) < 4.78 is 0. The number of hydrogen-bond acceptors (Lipinski definition) is 4. The summed E-state index contributed by atoms with van der Waals surface area (Å²) in [6.45, 7) is 4.15. The summed E-state index contributed by atoms with van der Waals surface area (Å²) >= 11 is 0. The topological polar surface area (TPSA) is 78.9 Å². The minimum atomic E-state index is -0.212. The quantitative estimate of drug-likeness (QED) is 0.776. The van der Waals surface area contributed by atoms with Gasteiger partial charge >= 0.3 is 6.03 Å². The van der Waals surface area contributed by atoms with Crippen molar-refractivity contribution in [2.24, 2.45) is 0 Å². The number of aryl methyl sites for hydroxylation is 2. The van der Waals surface area contributed by atoms with Gasteiger partial charge in [-0.25, -0.2) is 4.79 Å². The number of rotatable bonds is 4. The molecule has 3 rings (SSSR count). The molecule has 2 amide bonds. The lowest BCUT2D eigenvalue weighted by Crippen LogP contribution is -2.39. The fourth-order valence-corrected chi connectivity index (χ4v) is 3.02. The lowest BCUT2D eigenvalue weighted by Gasteiger charge is -2.22. The van der Waals surface area contributed by atoms with Crippen LogP contribution in [0.4, 0.5) is 22.1 Å². The molecule has 1 aromatic heterocycles. The van der Waals surface area contributed by atoms with Crippen LogP contribution in [0.1, 0.15) is 43.2 Å². The van der Waals surface area contributed by atoms with E-state index < -0.39 is 0 Å². The van der Waals surface area contributed by atoms with Crippen LogP contribution in [0.25, 0.3) is 0 Å². The van der Waals surface area contributed by atoms with E-state index in [0.717, 1.165) is 18.5 Å². The van der Waals surface area contributed by atoms with Crippen molar-refractivity contribution >= 4 is 23.4 Å². The van der Waals surface area contributed by atoms with Crippen LogP contribution in [0.2, 0.25) is 0 Å². The smallest absolute Gasteiger partial charge is 0.320 e. The SMILES string of the molecule is Cc1ccc(Nc2ccc(NC(=O)NC3CCCCC3)nn2)cc1C. The molecule has 132 valence electrons. The number of amides is 2. The van der Waals surface area contributed by atoms with Gasteiger partial charge in [0.2, 0.25) is 0 Å². The van der Waals surface area contributed by atoms with Gasteiger partial charge in [0.1, 0.15) is 0 Å². The number of urea groups is 1. The highest BCUT2D eigenvalue weighted by Crippen LogP contribution is 2.19. The van der Waals surface area contributed by atoms with Crippen LogP contribution >= 0.6 is 0 Å². The average molecular weight is 339 g/mol. The Bertz CT molecular complexity index is 723. The van der Waals surface area contributed by atoms with Gasteiger partial charge < -0.3 is 10.6 Å². The summed E-state index contributed by atoms with van der Waals surface area (Å²) in [5.74, 6) is 1.08. The first-order chi connectivity index (χ1) is 12.1. The second-order valence-corrected chi connectivity index (χ2v) is 6.66. The highest BCUT2D eigenvalue weighted by molar-refractivity contribution is 5.88. The minimum absolute atomic E-state index is 0.212. The molecule has 3 N–H and O–H groups in total. The van der Waals surface area contributed by atoms with E-state index in [1.54, 1.807) is 12.1 Å². The predicted octanol–water partition coefficient (Wildman–Crippen LogP) is 4.29. The Morgan fingerprint density at radius 1 is 0.960 bits per heavy atom. The van der Waals surface area contributed by atoms with E-state index in [9.17, 15) is 4.79 Å². The molecule has 25 heavy (non-hydrogen) atoms. The van der Waals surface area contributed by atoms with E-state index in [1.807, 2.05) is 6.07 Å². The fourth-order valence-electron chi connectivity index (χ4n) is 3.02. The van der Waals surface area contributed by atoms with Gasteiger partial charge in [0, 0.05) is 11.7 Å². The van der Waals surface area contributed by atoms with Crippen molar-refractivity contribution in [3.63, 3.8) is 0 Å². The van der Waals surface area contributed by atoms with Crippen LogP contribution in [-0.4, -0.2) is 22.3 Å². The van der Waals surface area contributed by atoms with E-state index in [4.69, 9.17) is 0 Å². The summed E-state index contributed by atoms with van der Waals surface area (Å²) in [6.07, 6.45) is 5.74. The second-order valence-electron chi connectivity index (χ2n) is 6.66. The zero-order chi connectivity index (χ0) is 17.6. The third kappa shape index (κ3) is 4.92. The Morgan fingerprint density at radius 2 is 1.68 bits per heavy atom. The molecule has 0 aliphatic heterocycles. The molecule has 2 aromatic rings. The van der Waals surface area contributed by atoms with Crippen LogP contribution in [0.3, 0.4) is 0 Å². The molecule has 1 aliphatic rings. The number of benzene rings is 1. The van der Waals surface area contributed by atoms with E-state index >= 15 is 0 Å². The van der Waals surface area contributed by atoms with Crippen molar-refractivity contribution in [3.8, 4) is 0 Å². The Balaban J connectivity index is 1.54. The standard InChI is InChI=1S/C19H25N5O/c1-13-8-9-16(12-14(13)2)20-17-10-11-18(24-23-17)22-19(25)21-15-6-4-3-5-7-15/h8-12,15H,3-7H2,1-2H3,(H,20,23)(H2,21,22,24,25). The number of anilines is 3. The normalized spacial score (nSPS) is 14.8. The van der Waals surface area contributed by atoms with E-state index in [2.05, 4.69) is 52.1 Å². The van der Waals surface area contributed by atoms with Crippen molar-refractivity contribution in [2.75, 3.05) is 10.6 Å². The molecular weight excluding hydrogens is 314 g/mol. The summed E-state index contributed by atoms with van der Waals surface area (Å²) in [6, 6.07) is 9.75. The molecule has 1 saturated carbocycles. The molecule has 0 atom stereocenters. The van der Waals surface area contributed by atoms with Crippen LogP contribution in [-0.2, 0) is 0 Å². The number of aromatic nitrogens is 2. The molecule has 6 nitrogen and oxygen atoms in total. The van der Waals surface area contributed by atoms with Crippen LogP contribution in [0, 0.1) is 13.8 Å². The van der Waals surface area contributed by atoms with Crippen LogP contribution < -0.4 is 16.0 Å². The molecule has 0 radical (unpaired) electrons. The Kier molecular flexibility index (Phi) is 5.48. The number of carbonyl (C=O) groups is 1. The maximum atomic E-state index is 12.0. The number of hydrogen-bond donors (Lipinski definition) is 3. The van der Waals surface area contributed by atoms with Gasteiger partial charge in [-0.15, -0.1) is 10.2 Å². The van der Waals surface area contributed by atoms with E-state index in [0.29, 0.717) is 11.6 Å². The molecule has 1 fully saturated rings. The molecule has 1 aromatic carbocycles. The van der Waals surface area contributed by atoms with Gasteiger partial charge in [-0.2, -0.15) is 0 Å². The van der Waals surface area contributed by atoms with Crippen molar-refractivity contribution in [3.05, 3.63) is 41.5 Å². The fraction of sp³-hybridized carbons (Fsp3) is 0.421. The maximum Gasteiger partial charge on any atom is 0.320 e. The first kappa shape index (κ1) is 17.2. The van der Waals surface area contributed by atoms with Crippen LogP contribution in [0.15, 0.2) is 30.3 Å². The number of nitrogens with one attached hydrogen (secondary N) is 3. The third-order valence-electron chi connectivity index (χ3n) is 4.63. The zero-order valence-electron chi connectivity index (χ0n) is 14.8. The first-order valence-electron chi connectivity index (χ1n) is 8.86. The number of carbonyl (C=O) groups excluding carboxylic acids is 1. The third-order valence-corrected chi connectivity index (χ3v) is 4.63. The Morgan fingerprint density at radius 3 is 2.36 bits per heavy atom. The van der Waals surface area contributed by atoms with Gasteiger partial charge in [0.15, 0.2) is 11.6 Å². The monoisotopic (exact) mass is 339 g/mol. The number of nitrogens with zero attached hydrogens (tertiary/aromatic N) is 2. The van der Waals surface area contributed by atoms with Crippen molar-refractivity contribution < 1.29 is 4.79 Å². The highest BCUT2D eigenvalue weighted by atomic mass is 16.2. The summed E-state index contributed by atoms with van der Waals surface area (Å²) in [7, 11) is 0. The van der Waals surface area contributed by atoms with E-state index in [1.165, 1.54) is 30.4 Å². The van der Waals surface area contributed by atoms with Crippen molar-refractivity contribution in [2.45, 2.75) is 52.0 Å². The van der Waals surface area contributed by atoms with Crippen molar-refractivity contribution in [1.82, 2.24) is 15.5 Å². The highest BCUT2D eigenvalue weighted by Gasteiger charge is 2.15. The summed E-state index contributed by atoms with van der Waals surface area (Å²) in [5.41, 5.74) is 3.43. The van der Waals surface area contributed by atoms with Gasteiger partial charge in [-0.05, 0) is 62.1 Å². The molecule has 6 heteroatoms. The lowest BCUT2D eigenvalue weighted by molar-refractivity contribution is 0.244. The maximum absolute atomic E-state index is 12.0. The largest absolute Gasteiger partial charge is 0.339 e. The first-order valence-corrected chi connectivity index (χ1v) is 8.86. The van der Waals surface area contributed by atoms with E-state index in [-0.39, 0.29) is 12.1 Å². The van der Waals surface area contributed by atoms with Gasteiger partial charge in [-0.1, -0.05) is 25.3 Å². The molecule has 1 heterocycles. The lowest BCUT2D eigenvalue weighted by atomic mass is 9.96. The van der Waals surface area contributed by atoms with Crippen molar-refractivity contribution in [1.29, 1.82) is 0 Å². The van der Waals surface area contributed by atoms with Gasteiger partial charge in [-0.3, -0.25) is 5.32 Å².